The Balaban J connectivity index is 4.15. The highest BCUT2D eigenvalue weighted by molar-refractivity contribution is 4.77. The Morgan fingerprint density at radius 1 is 1.17 bits per heavy atom. The summed E-state index contributed by atoms with van der Waals surface area (Å²) < 4.78 is 5.65. The quantitative estimate of drug-likeness (QED) is 0.612. The molecule has 0 aromatic rings. The van der Waals surface area contributed by atoms with Crippen LogP contribution < -0.4 is 0 Å². The van der Waals surface area contributed by atoms with Crippen molar-refractivity contribution in [1.29, 1.82) is 0 Å². The Labute approximate surface area is 114 Å². The van der Waals surface area contributed by atoms with E-state index in [-0.39, 0.29) is 5.41 Å². The second kappa shape index (κ2) is 8.89. The fraction of sp³-hybridized carbons (Fsp3) is 1.00. The second-order valence-corrected chi connectivity index (χ2v) is 5.86. The van der Waals surface area contributed by atoms with Gasteiger partial charge < -0.3 is 14.7 Å². The van der Waals surface area contributed by atoms with E-state index in [0.717, 1.165) is 32.5 Å². The summed E-state index contributed by atoms with van der Waals surface area (Å²) in [5.41, 5.74) is -0.128. The summed E-state index contributed by atoms with van der Waals surface area (Å²) in [7, 11) is 0. The van der Waals surface area contributed by atoms with Crippen molar-refractivity contribution in [2.45, 2.75) is 60.7 Å². The summed E-state index contributed by atoms with van der Waals surface area (Å²) in [6, 6.07) is 0. The molecule has 2 unspecified atom stereocenters. The van der Waals surface area contributed by atoms with Crippen LogP contribution in [0.2, 0.25) is 0 Å². The molecule has 110 valence electrons. The molecule has 0 saturated heterocycles. The van der Waals surface area contributed by atoms with Crippen LogP contribution in [-0.4, -0.2) is 42.5 Å². The van der Waals surface area contributed by atoms with E-state index < -0.39 is 6.29 Å². The summed E-state index contributed by atoms with van der Waals surface area (Å²) in [6.07, 6.45) is 1.29. The van der Waals surface area contributed by atoms with Crippen LogP contribution in [0, 0.1) is 11.3 Å². The van der Waals surface area contributed by atoms with Gasteiger partial charge >= 0.3 is 0 Å². The predicted molar refractivity (Wildman–Crippen MR) is 77.6 cm³/mol. The van der Waals surface area contributed by atoms with Gasteiger partial charge in [-0.25, -0.2) is 0 Å². The number of aliphatic hydroxyl groups excluding tert-OH is 1. The van der Waals surface area contributed by atoms with Crippen molar-refractivity contribution in [3.8, 4) is 0 Å². The monoisotopic (exact) mass is 259 g/mol. The molecule has 0 aliphatic heterocycles. The van der Waals surface area contributed by atoms with E-state index >= 15 is 0 Å². The first-order valence-corrected chi connectivity index (χ1v) is 7.41. The normalized spacial score (nSPS) is 17.2. The van der Waals surface area contributed by atoms with Gasteiger partial charge in [-0.3, -0.25) is 0 Å². The highest BCUT2D eigenvalue weighted by atomic mass is 16.6. The Kier molecular flexibility index (Phi) is 8.83. The number of hydrogen-bond donors (Lipinski definition) is 1. The van der Waals surface area contributed by atoms with Gasteiger partial charge in [0, 0.05) is 12.0 Å². The number of ether oxygens (including phenoxy) is 1. The van der Waals surface area contributed by atoms with E-state index in [1.165, 1.54) is 0 Å². The Hall–Kier alpha value is -0.120. The van der Waals surface area contributed by atoms with Gasteiger partial charge in [-0.2, -0.15) is 0 Å². The lowest BCUT2D eigenvalue weighted by Gasteiger charge is -2.35. The van der Waals surface area contributed by atoms with Crippen molar-refractivity contribution in [3.63, 3.8) is 0 Å². The highest BCUT2D eigenvalue weighted by Crippen LogP contribution is 2.34. The molecule has 0 aromatic heterocycles. The molecule has 0 radical (unpaired) electrons. The number of aliphatic hydroxyl groups is 1. The first-order valence-electron chi connectivity index (χ1n) is 7.41. The topological polar surface area (TPSA) is 32.7 Å². The molecule has 0 amide bonds. The SMILES string of the molecule is CCN(CC)CCOC(O)C(C)(CC)CC(C)C. The van der Waals surface area contributed by atoms with Crippen molar-refractivity contribution in [2.75, 3.05) is 26.2 Å². The number of nitrogens with zero attached hydrogens (tertiary/aromatic N) is 1. The average molecular weight is 259 g/mol. The van der Waals surface area contributed by atoms with Crippen LogP contribution in [0.25, 0.3) is 0 Å². The summed E-state index contributed by atoms with van der Waals surface area (Å²) in [6.45, 7) is 16.5. The van der Waals surface area contributed by atoms with E-state index in [2.05, 4.69) is 46.4 Å². The minimum Gasteiger partial charge on any atom is -0.367 e. The van der Waals surface area contributed by atoms with Gasteiger partial charge in [0.1, 0.15) is 0 Å². The molecule has 0 bridgehead atoms. The molecule has 0 fully saturated rings. The standard InChI is InChI=1S/C15H33NO2/c1-7-15(6,12-13(4)5)14(17)18-11-10-16(8-2)9-3/h13-14,17H,7-12H2,1-6H3. The smallest absolute Gasteiger partial charge is 0.159 e. The molecule has 3 nitrogen and oxygen atoms in total. The molecule has 0 aliphatic rings. The molecule has 3 heteroatoms. The molecular weight excluding hydrogens is 226 g/mol. The van der Waals surface area contributed by atoms with Gasteiger partial charge in [-0.1, -0.05) is 41.5 Å². The van der Waals surface area contributed by atoms with Gasteiger partial charge in [-0.05, 0) is 31.8 Å². The Morgan fingerprint density at radius 3 is 2.11 bits per heavy atom. The summed E-state index contributed by atoms with van der Waals surface area (Å²) in [5.74, 6) is 0.580. The van der Waals surface area contributed by atoms with Crippen LogP contribution in [0.1, 0.15) is 54.4 Å². The predicted octanol–water partition coefficient (Wildman–Crippen LogP) is 3.13. The van der Waals surface area contributed by atoms with E-state index in [0.29, 0.717) is 12.5 Å². The summed E-state index contributed by atoms with van der Waals surface area (Å²) >= 11 is 0. The van der Waals surface area contributed by atoms with Crippen LogP contribution in [0.4, 0.5) is 0 Å². The molecule has 0 rings (SSSR count). The van der Waals surface area contributed by atoms with Crippen LogP contribution in [0.5, 0.6) is 0 Å². The van der Waals surface area contributed by atoms with Crippen LogP contribution in [-0.2, 0) is 4.74 Å². The van der Waals surface area contributed by atoms with Gasteiger partial charge in [-0.15, -0.1) is 0 Å². The largest absolute Gasteiger partial charge is 0.367 e. The average Bonchev–Trinajstić information content (AvgIpc) is 2.33. The lowest BCUT2D eigenvalue weighted by atomic mass is 9.79. The van der Waals surface area contributed by atoms with Gasteiger partial charge in [0.2, 0.25) is 0 Å². The maximum absolute atomic E-state index is 10.2. The number of likely N-dealkylation sites (N-methyl/N-ethyl adjacent to an activating group) is 1. The zero-order chi connectivity index (χ0) is 14.2. The summed E-state index contributed by atoms with van der Waals surface area (Å²) in [4.78, 5) is 2.30. The third kappa shape index (κ3) is 6.17. The third-order valence-electron chi connectivity index (χ3n) is 3.86. The van der Waals surface area contributed by atoms with Crippen molar-refractivity contribution in [2.24, 2.45) is 11.3 Å². The molecule has 1 N–H and O–H groups in total. The maximum atomic E-state index is 10.2. The van der Waals surface area contributed by atoms with Gasteiger partial charge in [0.15, 0.2) is 6.29 Å². The third-order valence-corrected chi connectivity index (χ3v) is 3.86. The van der Waals surface area contributed by atoms with E-state index in [1.54, 1.807) is 0 Å². The van der Waals surface area contributed by atoms with Crippen LogP contribution >= 0.6 is 0 Å². The molecule has 0 heterocycles. The lowest BCUT2D eigenvalue weighted by Crippen LogP contribution is -2.37. The van der Waals surface area contributed by atoms with Crippen LogP contribution in [0.15, 0.2) is 0 Å². The van der Waals surface area contributed by atoms with E-state index in [1.807, 2.05) is 0 Å². The van der Waals surface area contributed by atoms with E-state index in [4.69, 9.17) is 4.74 Å². The van der Waals surface area contributed by atoms with Gasteiger partial charge in [0.05, 0.1) is 6.61 Å². The Bertz CT molecular complexity index is 205. The maximum Gasteiger partial charge on any atom is 0.159 e. The minimum absolute atomic E-state index is 0.128. The highest BCUT2D eigenvalue weighted by Gasteiger charge is 2.32. The van der Waals surface area contributed by atoms with Crippen molar-refractivity contribution < 1.29 is 9.84 Å². The minimum atomic E-state index is -0.652. The number of hydrogen-bond acceptors (Lipinski definition) is 3. The van der Waals surface area contributed by atoms with Crippen molar-refractivity contribution in [3.05, 3.63) is 0 Å². The molecule has 18 heavy (non-hydrogen) atoms. The molecule has 0 spiro atoms. The van der Waals surface area contributed by atoms with Crippen LogP contribution in [0.3, 0.4) is 0 Å². The lowest BCUT2D eigenvalue weighted by molar-refractivity contribution is -0.178. The molecule has 2 atom stereocenters. The van der Waals surface area contributed by atoms with E-state index in [9.17, 15) is 5.11 Å². The molecular formula is C15H33NO2. The molecule has 0 aliphatic carbocycles. The zero-order valence-electron chi connectivity index (χ0n) is 13.2. The first-order chi connectivity index (χ1) is 8.39. The van der Waals surface area contributed by atoms with Gasteiger partial charge in [0.25, 0.3) is 0 Å². The first kappa shape index (κ1) is 17.9. The Morgan fingerprint density at radius 2 is 1.72 bits per heavy atom. The van der Waals surface area contributed by atoms with Crippen molar-refractivity contribution >= 4 is 0 Å². The fourth-order valence-electron chi connectivity index (χ4n) is 2.39. The summed E-state index contributed by atoms with van der Waals surface area (Å²) in [5, 5.41) is 10.2. The fourth-order valence-corrected chi connectivity index (χ4v) is 2.39. The zero-order valence-corrected chi connectivity index (χ0v) is 13.2. The second-order valence-electron chi connectivity index (χ2n) is 5.86. The number of rotatable bonds is 10. The molecule has 0 saturated carbocycles. The molecule has 0 aromatic carbocycles. The van der Waals surface area contributed by atoms with Crippen molar-refractivity contribution in [1.82, 2.24) is 4.90 Å².